The van der Waals surface area contributed by atoms with E-state index in [0.29, 0.717) is 6.61 Å². The van der Waals surface area contributed by atoms with E-state index in [-0.39, 0.29) is 12.1 Å². The molecule has 0 aromatic carbocycles. The summed E-state index contributed by atoms with van der Waals surface area (Å²) in [6.07, 6.45) is 6.50. The molecule has 0 radical (unpaired) electrons. The molecule has 0 aliphatic carbocycles. The molecule has 1 aliphatic heterocycles. The molecule has 1 aliphatic rings. The van der Waals surface area contributed by atoms with Gasteiger partial charge in [-0.05, 0) is 31.4 Å². The van der Waals surface area contributed by atoms with Crippen molar-refractivity contribution in [1.82, 2.24) is 5.32 Å². The van der Waals surface area contributed by atoms with Crippen LogP contribution in [0.2, 0.25) is 0 Å². The van der Waals surface area contributed by atoms with Gasteiger partial charge in [-0.3, -0.25) is 0 Å². The number of hydrogen-bond acceptors (Lipinski definition) is 2. The Hall–Kier alpha value is -1.21. The lowest BCUT2D eigenvalue weighted by Gasteiger charge is -2.03. The number of cyclic esters (lactones) is 1. The van der Waals surface area contributed by atoms with Crippen molar-refractivity contribution < 1.29 is 9.53 Å². The summed E-state index contributed by atoms with van der Waals surface area (Å²) < 4.78 is 4.81. The monoisotopic (exact) mass is 209 g/mol. The summed E-state index contributed by atoms with van der Waals surface area (Å²) in [6, 6.07) is 0.0138. The minimum atomic E-state index is -0.327. The van der Waals surface area contributed by atoms with Gasteiger partial charge in [0.05, 0.1) is 6.04 Å². The predicted octanol–water partition coefficient (Wildman–Crippen LogP) is 2.78. The molecule has 1 heterocycles. The average molecular weight is 209 g/mol. The van der Waals surface area contributed by atoms with E-state index in [1.807, 2.05) is 6.92 Å². The Kier molecular flexibility index (Phi) is 4.99. The van der Waals surface area contributed by atoms with Gasteiger partial charge in [0.2, 0.25) is 0 Å². The minimum absolute atomic E-state index is 0.0138. The Labute approximate surface area is 91.2 Å². The summed E-state index contributed by atoms with van der Waals surface area (Å²) in [5, 5.41) is 2.72. The smallest absolute Gasteiger partial charge is 0.407 e. The second-order valence-electron chi connectivity index (χ2n) is 3.82. The zero-order chi connectivity index (χ0) is 11.1. The van der Waals surface area contributed by atoms with Crippen molar-refractivity contribution in [3.8, 4) is 0 Å². The number of ether oxygens (including phenoxy) is 1. The van der Waals surface area contributed by atoms with Crippen molar-refractivity contribution in [2.45, 2.75) is 45.6 Å². The fraction of sp³-hybridized carbons (Fsp3) is 0.667. The highest BCUT2D eigenvalue weighted by Gasteiger charge is 2.22. The van der Waals surface area contributed by atoms with Gasteiger partial charge < -0.3 is 10.1 Å². The molecule has 1 rings (SSSR count). The highest BCUT2D eigenvalue weighted by Crippen LogP contribution is 2.07. The third-order valence-electron chi connectivity index (χ3n) is 2.48. The van der Waals surface area contributed by atoms with Gasteiger partial charge in [0.1, 0.15) is 6.61 Å². The van der Waals surface area contributed by atoms with E-state index in [1.54, 1.807) is 0 Å². The summed E-state index contributed by atoms with van der Waals surface area (Å²) in [4.78, 5) is 10.8. The number of amides is 1. The second kappa shape index (κ2) is 6.31. The topological polar surface area (TPSA) is 38.3 Å². The van der Waals surface area contributed by atoms with Gasteiger partial charge in [0.25, 0.3) is 0 Å². The SMILES string of the molecule is CCCCCC=C=C(C)C1COC(=O)N1. The number of hydrogen-bond donors (Lipinski definition) is 1. The van der Waals surface area contributed by atoms with E-state index < -0.39 is 0 Å². The third-order valence-corrected chi connectivity index (χ3v) is 2.48. The van der Waals surface area contributed by atoms with Gasteiger partial charge in [0, 0.05) is 0 Å². The highest BCUT2D eigenvalue weighted by atomic mass is 16.6. The molecule has 0 spiro atoms. The molecule has 0 saturated carbocycles. The summed E-state index contributed by atoms with van der Waals surface area (Å²) in [6.45, 7) is 4.59. The summed E-state index contributed by atoms with van der Waals surface area (Å²) in [5.41, 5.74) is 4.24. The van der Waals surface area contributed by atoms with Gasteiger partial charge in [-0.25, -0.2) is 4.79 Å². The van der Waals surface area contributed by atoms with Crippen LogP contribution in [0.1, 0.15) is 39.5 Å². The number of nitrogens with one attached hydrogen (secondary N) is 1. The molecule has 1 amide bonds. The van der Waals surface area contributed by atoms with E-state index in [1.165, 1.54) is 19.3 Å². The molecule has 1 saturated heterocycles. The molecule has 1 unspecified atom stereocenters. The maximum absolute atomic E-state index is 10.8. The first-order valence-electron chi connectivity index (χ1n) is 5.59. The van der Waals surface area contributed by atoms with E-state index >= 15 is 0 Å². The van der Waals surface area contributed by atoms with Crippen LogP contribution in [0.3, 0.4) is 0 Å². The largest absolute Gasteiger partial charge is 0.447 e. The second-order valence-corrected chi connectivity index (χ2v) is 3.82. The number of carbonyl (C=O) groups is 1. The van der Waals surface area contributed by atoms with Crippen LogP contribution >= 0.6 is 0 Å². The lowest BCUT2D eigenvalue weighted by molar-refractivity contribution is 0.177. The lowest BCUT2D eigenvalue weighted by Crippen LogP contribution is -2.26. The van der Waals surface area contributed by atoms with Crippen LogP contribution in [0.15, 0.2) is 17.4 Å². The first-order chi connectivity index (χ1) is 7.24. The van der Waals surface area contributed by atoms with Crippen LogP contribution in [-0.4, -0.2) is 18.7 Å². The van der Waals surface area contributed by atoms with Gasteiger partial charge in [-0.1, -0.05) is 19.8 Å². The van der Waals surface area contributed by atoms with E-state index in [0.717, 1.165) is 12.0 Å². The first kappa shape index (κ1) is 11.9. The van der Waals surface area contributed by atoms with Crippen molar-refractivity contribution in [1.29, 1.82) is 0 Å². The standard InChI is InChI=1S/C12H19NO2/c1-3-4-5-6-7-8-10(2)11-9-15-12(14)13-11/h7,11H,3-6,9H2,1-2H3,(H,13,14). The average Bonchev–Trinajstić information content (AvgIpc) is 2.64. The lowest BCUT2D eigenvalue weighted by atomic mass is 10.1. The summed E-state index contributed by atoms with van der Waals surface area (Å²) >= 11 is 0. The van der Waals surface area contributed by atoms with Crippen molar-refractivity contribution in [3.63, 3.8) is 0 Å². The molecule has 3 heteroatoms. The molecule has 0 aromatic rings. The van der Waals surface area contributed by atoms with Crippen LogP contribution < -0.4 is 5.32 Å². The van der Waals surface area contributed by atoms with Gasteiger partial charge in [0.15, 0.2) is 0 Å². The normalized spacial score (nSPS) is 19.1. The van der Waals surface area contributed by atoms with E-state index in [4.69, 9.17) is 4.74 Å². The maximum atomic E-state index is 10.8. The molecule has 1 atom stereocenters. The number of unbranched alkanes of at least 4 members (excludes halogenated alkanes) is 3. The van der Waals surface area contributed by atoms with Crippen LogP contribution in [0.5, 0.6) is 0 Å². The number of rotatable bonds is 5. The molecule has 84 valence electrons. The Morgan fingerprint density at radius 2 is 2.47 bits per heavy atom. The Bertz CT molecular complexity index is 277. The predicted molar refractivity (Wildman–Crippen MR) is 59.7 cm³/mol. The maximum Gasteiger partial charge on any atom is 0.407 e. The zero-order valence-corrected chi connectivity index (χ0v) is 9.51. The van der Waals surface area contributed by atoms with Crippen molar-refractivity contribution in [2.75, 3.05) is 6.61 Å². The molecule has 15 heavy (non-hydrogen) atoms. The molecule has 0 aromatic heterocycles. The van der Waals surface area contributed by atoms with Gasteiger partial charge in [-0.2, -0.15) is 0 Å². The fourth-order valence-corrected chi connectivity index (χ4v) is 1.45. The zero-order valence-electron chi connectivity index (χ0n) is 9.51. The molecule has 0 bridgehead atoms. The van der Waals surface area contributed by atoms with Crippen molar-refractivity contribution in [2.24, 2.45) is 0 Å². The van der Waals surface area contributed by atoms with E-state index in [9.17, 15) is 4.79 Å². The van der Waals surface area contributed by atoms with Crippen LogP contribution in [0.4, 0.5) is 4.79 Å². The van der Waals surface area contributed by atoms with Crippen LogP contribution in [-0.2, 0) is 4.74 Å². The molecule has 1 fully saturated rings. The Morgan fingerprint density at radius 3 is 3.07 bits per heavy atom. The fourth-order valence-electron chi connectivity index (χ4n) is 1.45. The summed E-state index contributed by atoms with van der Waals surface area (Å²) in [5.74, 6) is 0. The highest BCUT2D eigenvalue weighted by molar-refractivity contribution is 5.70. The van der Waals surface area contributed by atoms with E-state index in [2.05, 4.69) is 24.0 Å². The number of carbonyl (C=O) groups excluding carboxylic acids is 1. The number of alkyl carbamates (subject to hydrolysis) is 1. The first-order valence-corrected chi connectivity index (χ1v) is 5.59. The quantitative estimate of drug-likeness (QED) is 0.558. The molecular weight excluding hydrogens is 190 g/mol. The Morgan fingerprint density at radius 1 is 1.67 bits per heavy atom. The van der Waals surface area contributed by atoms with Gasteiger partial charge in [-0.15, -0.1) is 5.73 Å². The van der Waals surface area contributed by atoms with Crippen molar-refractivity contribution >= 4 is 6.09 Å². The molecule has 1 N–H and O–H groups in total. The third kappa shape index (κ3) is 4.22. The van der Waals surface area contributed by atoms with Crippen LogP contribution in [0, 0.1) is 0 Å². The van der Waals surface area contributed by atoms with Crippen LogP contribution in [0.25, 0.3) is 0 Å². The minimum Gasteiger partial charge on any atom is -0.447 e. The van der Waals surface area contributed by atoms with Crippen molar-refractivity contribution in [3.05, 3.63) is 17.4 Å². The molecular formula is C12H19NO2. The van der Waals surface area contributed by atoms with Gasteiger partial charge >= 0.3 is 6.09 Å². The summed E-state index contributed by atoms with van der Waals surface area (Å²) in [7, 11) is 0. The molecule has 3 nitrogen and oxygen atoms in total. The Balaban J connectivity index is 2.34.